The quantitative estimate of drug-likeness (QED) is 0.666. The van der Waals surface area contributed by atoms with E-state index in [4.69, 9.17) is 27.9 Å². The van der Waals surface area contributed by atoms with Gasteiger partial charge in [0.1, 0.15) is 5.82 Å². The van der Waals surface area contributed by atoms with Crippen molar-refractivity contribution in [1.82, 2.24) is 20.4 Å². The van der Waals surface area contributed by atoms with Gasteiger partial charge in [-0.15, -0.1) is 0 Å². The molecule has 0 spiro atoms. The molecule has 1 fully saturated rings. The molecule has 3 rings (SSSR count). The minimum absolute atomic E-state index is 0.174. The van der Waals surface area contributed by atoms with E-state index in [-0.39, 0.29) is 5.91 Å². The van der Waals surface area contributed by atoms with E-state index in [1.807, 2.05) is 18.7 Å². The summed E-state index contributed by atoms with van der Waals surface area (Å²) in [6.07, 6.45) is 0. The van der Waals surface area contributed by atoms with Crippen LogP contribution in [-0.2, 0) is 18.3 Å². The molecule has 0 atom stereocenters. The van der Waals surface area contributed by atoms with Gasteiger partial charge in [0, 0.05) is 50.9 Å². The Kier molecular flexibility index (Phi) is 7.18. The first-order valence-electron chi connectivity index (χ1n) is 9.26. The van der Waals surface area contributed by atoms with E-state index in [0.717, 1.165) is 37.8 Å². The molecule has 9 heteroatoms. The first-order chi connectivity index (χ1) is 13.5. The van der Waals surface area contributed by atoms with Gasteiger partial charge >= 0.3 is 0 Å². The molecular weight excluding hydrogens is 401 g/mol. The summed E-state index contributed by atoms with van der Waals surface area (Å²) in [7, 11) is 1.97. The van der Waals surface area contributed by atoms with Crippen LogP contribution in [0.1, 0.15) is 21.6 Å². The lowest BCUT2D eigenvalue weighted by molar-refractivity contribution is 0.0954. The molecule has 1 aromatic heterocycles. The van der Waals surface area contributed by atoms with Gasteiger partial charge in [-0.05, 0) is 25.1 Å². The van der Waals surface area contributed by atoms with Gasteiger partial charge in [-0.2, -0.15) is 5.10 Å². The van der Waals surface area contributed by atoms with Crippen LogP contribution in [0.2, 0.25) is 10.0 Å². The van der Waals surface area contributed by atoms with Gasteiger partial charge in [-0.1, -0.05) is 23.2 Å². The number of hydrogen-bond acceptors (Lipinski definition) is 5. The first-order valence-corrected chi connectivity index (χ1v) is 10.0. The van der Waals surface area contributed by atoms with Gasteiger partial charge in [-0.25, -0.2) is 0 Å². The maximum absolute atomic E-state index is 12.2. The molecule has 0 saturated carbocycles. The van der Waals surface area contributed by atoms with Gasteiger partial charge in [0.05, 0.1) is 29.0 Å². The molecule has 1 aliphatic rings. The number of nitrogens with one attached hydrogen (secondary N) is 2. The molecule has 7 nitrogen and oxygen atoms in total. The van der Waals surface area contributed by atoms with E-state index in [2.05, 4.69) is 20.6 Å². The predicted molar refractivity (Wildman–Crippen MR) is 111 cm³/mol. The molecule has 1 saturated heterocycles. The normalized spacial score (nSPS) is 14.4. The van der Waals surface area contributed by atoms with Crippen molar-refractivity contribution >= 4 is 34.9 Å². The predicted octanol–water partition coefficient (Wildman–Crippen LogP) is 2.39. The summed E-state index contributed by atoms with van der Waals surface area (Å²) in [6, 6.07) is 4.85. The van der Waals surface area contributed by atoms with Gasteiger partial charge in [0.25, 0.3) is 5.91 Å². The molecule has 0 unspecified atom stereocenters. The number of rotatable bonds is 7. The van der Waals surface area contributed by atoms with Crippen LogP contribution in [0.15, 0.2) is 18.2 Å². The lowest BCUT2D eigenvalue weighted by Gasteiger charge is -2.29. The molecule has 2 aromatic rings. The Morgan fingerprint density at radius 3 is 2.68 bits per heavy atom. The highest BCUT2D eigenvalue weighted by atomic mass is 35.5. The zero-order valence-corrected chi connectivity index (χ0v) is 17.6. The minimum atomic E-state index is -0.174. The SMILES string of the molecule is Cc1nn(C)c(N2CCOCC2)c1CNCCNC(=O)c1ccc(Cl)c(Cl)c1. The molecular formula is C19H25Cl2N5O2. The number of hydrogen-bond donors (Lipinski definition) is 2. The molecule has 0 aliphatic carbocycles. The molecule has 1 aliphatic heterocycles. The van der Waals surface area contributed by atoms with Gasteiger partial charge in [0.15, 0.2) is 0 Å². The number of benzene rings is 1. The molecule has 1 amide bonds. The standard InChI is InChI=1S/C19H25Cl2N5O2/c1-13-15(19(25(2)24-13)26-7-9-28-10-8-26)12-22-5-6-23-18(27)14-3-4-16(20)17(21)11-14/h3-4,11,22H,5-10,12H2,1-2H3,(H,23,27). The van der Waals surface area contributed by atoms with Crippen LogP contribution >= 0.6 is 23.2 Å². The fourth-order valence-electron chi connectivity index (χ4n) is 3.28. The molecule has 2 N–H and O–H groups in total. The van der Waals surface area contributed by atoms with E-state index < -0.39 is 0 Å². The number of morpholine rings is 1. The average molecular weight is 426 g/mol. The van der Waals surface area contributed by atoms with Crippen LogP contribution < -0.4 is 15.5 Å². The summed E-state index contributed by atoms with van der Waals surface area (Å²) in [5, 5.41) is 11.6. The Balaban J connectivity index is 1.50. The van der Waals surface area contributed by atoms with Crippen molar-refractivity contribution in [2.75, 3.05) is 44.3 Å². The smallest absolute Gasteiger partial charge is 0.251 e. The Morgan fingerprint density at radius 1 is 1.21 bits per heavy atom. The number of aryl methyl sites for hydroxylation is 2. The zero-order valence-electron chi connectivity index (χ0n) is 16.1. The number of amides is 1. The molecule has 0 bridgehead atoms. The van der Waals surface area contributed by atoms with Crippen molar-refractivity contribution in [3.05, 3.63) is 45.1 Å². The van der Waals surface area contributed by atoms with Crippen LogP contribution in [0.4, 0.5) is 5.82 Å². The van der Waals surface area contributed by atoms with E-state index >= 15 is 0 Å². The minimum Gasteiger partial charge on any atom is -0.378 e. The van der Waals surface area contributed by atoms with E-state index in [0.29, 0.717) is 35.2 Å². The highest BCUT2D eigenvalue weighted by Crippen LogP contribution is 2.24. The summed E-state index contributed by atoms with van der Waals surface area (Å²) >= 11 is 11.8. The summed E-state index contributed by atoms with van der Waals surface area (Å²) in [6.45, 7) is 7.06. The van der Waals surface area contributed by atoms with Gasteiger partial charge in [-0.3, -0.25) is 9.48 Å². The molecule has 152 valence electrons. The lowest BCUT2D eigenvalue weighted by atomic mass is 10.2. The van der Waals surface area contributed by atoms with Crippen LogP contribution in [0.25, 0.3) is 0 Å². The van der Waals surface area contributed by atoms with Crippen molar-refractivity contribution in [2.24, 2.45) is 7.05 Å². The molecule has 28 heavy (non-hydrogen) atoms. The Hall–Kier alpha value is -1.80. The largest absolute Gasteiger partial charge is 0.378 e. The highest BCUT2D eigenvalue weighted by Gasteiger charge is 2.21. The number of aromatic nitrogens is 2. The van der Waals surface area contributed by atoms with Crippen LogP contribution in [0, 0.1) is 6.92 Å². The Labute approximate surface area is 174 Å². The van der Waals surface area contributed by atoms with E-state index in [1.54, 1.807) is 18.2 Å². The molecule has 1 aromatic carbocycles. The molecule has 0 radical (unpaired) electrons. The van der Waals surface area contributed by atoms with Crippen LogP contribution in [0.5, 0.6) is 0 Å². The Bertz CT molecular complexity index is 834. The van der Waals surface area contributed by atoms with Crippen LogP contribution in [0.3, 0.4) is 0 Å². The monoisotopic (exact) mass is 425 g/mol. The highest BCUT2D eigenvalue weighted by molar-refractivity contribution is 6.42. The van der Waals surface area contributed by atoms with Crippen molar-refractivity contribution in [3.63, 3.8) is 0 Å². The number of nitrogens with zero attached hydrogens (tertiary/aromatic N) is 3. The summed E-state index contributed by atoms with van der Waals surface area (Å²) in [5.74, 6) is 0.958. The van der Waals surface area contributed by atoms with Crippen molar-refractivity contribution < 1.29 is 9.53 Å². The van der Waals surface area contributed by atoms with Crippen molar-refractivity contribution in [1.29, 1.82) is 0 Å². The second-order valence-electron chi connectivity index (χ2n) is 6.67. The number of carbonyl (C=O) groups excluding carboxylic acids is 1. The van der Waals surface area contributed by atoms with Crippen molar-refractivity contribution in [2.45, 2.75) is 13.5 Å². The van der Waals surface area contributed by atoms with Crippen LogP contribution in [-0.4, -0.2) is 55.1 Å². The topological polar surface area (TPSA) is 71.4 Å². The fourth-order valence-corrected chi connectivity index (χ4v) is 3.58. The maximum Gasteiger partial charge on any atom is 0.251 e. The van der Waals surface area contributed by atoms with Gasteiger partial charge in [0.2, 0.25) is 0 Å². The zero-order chi connectivity index (χ0) is 20.1. The Morgan fingerprint density at radius 2 is 1.96 bits per heavy atom. The number of carbonyl (C=O) groups is 1. The molecule has 2 heterocycles. The second kappa shape index (κ2) is 9.60. The summed E-state index contributed by atoms with van der Waals surface area (Å²) in [5.41, 5.74) is 2.68. The third-order valence-corrected chi connectivity index (χ3v) is 5.43. The number of anilines is 1. The maximum atomic E-state index is 12.2. The van der Waals surface area contributed by atoms with Gasteiger partial charge < -0.3 is 20.3 Å². The third-order valence-electron chi connectivity index (χ3n) is 4.69. The fraction of sp³-hybridized carbons (Fsp3) is 0.474. The number of ether oxygens (including phenoxy) is 1. The lowest BCUT2D eigenvalue weighted by Crippen LogP contribution is -2.38. The second-order valence-corrected chi connectivity index (χ2v) is 7.49. The van der Waals surface area contributed by atoms with E-state index in [1.165, 1.54) is 5.56 Å². The summed E-state index contributed by atoms with van der Waals surface area (Å²) in [4.78, 5) is 14.5. The first kappa shape index (κ1) is 20.9. The third kappa shape index (κ3) is 4.97. The van der Waals surface area contributed by atoms with E-state index in [9.17, 15) is 4.79 Å². The van der Waals surface area contributed by atoms with Crippen molar-refractivity contribution in [3.8, 4) is 0 Å². The summed E-state index contributed by atoms with van der Waals surface area (Å²) < 4.78 is 7.39. The average Bonchev–Trinajstić information content (AvgIpc) is 2.97. The number of halogens is 2.